The molecule has 1 aromatic heterocycles. The summed E-state index contributed by atoms with van der Waals surface area (Å²) >= 11 is 0. The van der Waals surface area contributed by atoms with Crippen molar-refractivity contribution in [3.63, 3.8) is 0 Å². The summed E-state index contributed by atoms with van der Waals surface area (Å²) in [5.41, 5.74) is 0.298. The number of nitrogens with zero attached hydrogens (tertiary/aromatic N) is 2. The van der Waals surface area contributed by atoms with E-state index in [4.69, 9.17) is 14.0 Å². The Morgan fingerprint density at radius 1 is 1.38 bits per heavy atom. The molecule has 0 fully saturated rings. The molecule has 0 bridgehead atoms. The summed E-state index contributed by atoms with van der Waals surface area (Å²) in [6.07, 6.45) is -0.207. The maximum absolute atomic E-state index is 12.2. The fourth-order valence-electron chi connectivity index (χ4n) is 2.20. The third-order valence-corrected chi connectivity index (χ3v) is 3.24. The highest BCUT2D eigenvalue weighted by Gasteiger charge is 2.25. The van der Waals surface area contributed by atoms with Crippen LogP contribution in [0.2, 0.25) is 0 Å². The lowest BCUT2D eigenvalue weighted by Gasteiger charge is -2.29. The molecule has 1 amide bonds. The number of ether oxygens (including phenoxy) is 2. The van der Waals surface area contributed by atoms with Crippen LogP contribution in [-0.4, -0.2) is 42.3 Å². The maximum Gasteiger partial charge on any atom is 0.275 e. The number of rotatable bonds is 3. The van der Waals surface area contributed by atoms with Crippen molar-refractivity contribution in [3.8, 4) is 11.5 Å². The number of amides is 1. The van der Waals surface area contributed by atoms with Crippen LogP contribution in [0.4, 0.5) is 0 Å². The molecule has 1 atom stereocenters. The minimum Gasteiger partial charge on any atom is -0.486 e. The van der Waals surface area contributed by atoms with Crippen molar-refractivity contribution in [2.24, 2.45) is 0 Å². The summed E-state index contributed by atoms with van der Waals surface area (Å²) in [7, 11) is 1.70. The van der Waals surface area contributed by atoms with Gasteiger partial charge in [-0.3, -0.25) is 4.79 Å². The lowest BCUT2D eigenvalue weighted by atomic mass is 10.2. The summed E-state index contributed by atoms with van der Waals surface area (Å²) in [4.78, 5) is 13.7. The molecule has 2 aromatic rings. The van der Waals surface area contributed by atoms with Gasteiger partial charge in [0.2, 0.25) is 0 Å². The summed E-state index contributed by atoms with van der Waals surface area (Å²) in [6, 6.07) is 9.11. The number of aromatic nitrogens is 1. The lowest BCUT2D eigenvalue weighted by molar-refractivity contribution is 0.0515. The van der Waals surface area contributed by atoms with Gasteiger partial charge < -0.3 is 18.9 Å². The Hall–Kier alpha value is -2.50. The van der Waals surface area contributed by atoms with E-state index in [1.807, 2.05) is 24.3 Å². The largest absolute Gasteiger partial charge is 0.486 e. The molecular weight excluding hydrogens is 272 g/mol. The van der Waals surface area contributed by atoms with Crippen molar-refractivity contribution in [2.45, 2.75) is 13.0 Å². The first-order valence-electron chi connectivity index (χ1n) is 6.71. The zero-order valence-electron chi connectivity index (χ0n) is 11.9. The van der Waals surface area contributed by atoms with Gasteiger partial charge >= 0.3 is 0 Å². The van der Waals surface area contributed by atoms with Crippen molar-refractivity contribution in [3.05, 3.63) is 41.8 Å². The highest BCUT2D eigenvalue weighted by Crippen LogP contribution is 2.30. The predicted octanol–water partition coefficient (Wildman–Crippen LogP) is 1.90. The number of para-hydroxylation sites is 2. The van der Waals surface area contributed by atoms with Crippen LogP contribution in [0, 0.1) is 6.92 Å². The average molecular weight is 288 g/mol. The van der Waals surface area contributed by atoms with Crippen LogP contribution >= 0.6 is 0 Å². The van der Waals surface area contributed by atoms with Gasteiger partial charge in [0, 0.05) is 13.1 Å². The van der Waals surface area contributed by atoms with Gasteiger partial charge in [-0.05, 0) is 19.1 Å². The standard InChI is InChI=1S/C15H16N2O4/c1-10-7-12(16-21-10)15(18)17(2)8-11-9-19-13-5-3-4-6-14(13)20-11/h3-7,11H,8-9H2,1-2H3. The van der Waals surface area contributed by atoms with E-state index in [-0.39, 0.29) is 12.0 Å². The number of carbonyl (C=O) groups excluding carboxylic acids is 1. The van der Waals surface area contributed by atoms with Gasteiger partial charge in [0.25, 0.3) is 5.91 Å². The molecule has 21 heavy (non-hydrogen) atoms. The van der Waals surface area contributed by atoms with E-state index in [2.05, 4.69) is 5.16 Å². The number of carbonyl (C=O) groups is 1. The van der Waals surface area contributed by atoms with Gasteiger partial charge in [-0.1, -0.05) is 17.3 Å². The molecule has 0 spiro atoms. The molecule has 6 heteroatoms. The normalized spacial score (nSPS) is 16.6. The number of fused-ring (bicyclic) bond motifs is 1. The first-order chi connectivity index (χ1) is 10.1. The van der Waals surface area contributed by atoms with Crippen LogP contribution in [0.15, 0.2) is 34.9 Å². The lowest BCUT2D eigenvalue weighted by Crippen LogP contribution is -2.41. The molecule has 1 aliphatic heterocycles. The molecule has 2 heterocycles. The molecule has 1 unspecified atom stereocenters. The molecular formula is C15H16N2O4. The van der Waals surface area contributed by atoms with E-state index < -0.39 is 0 Å². The smallest absolute Gasteiger partial charge is 0.275 e. The topological polar surface area (TPSA) is 64.8 Å². The third kappa shape index (κ3) is 2.84. The zero-order chi connectivity index (χ0) is 14.8. The SMILES string of the molecule is Cc1cc(C(=O)N(C)CC2COc3ccccc3O2)no1. The van der Waals surface area contributed by atoms with Crippen molar-refractivity contribution >= 4 is 5.91 Å². The van der Waals surface area contributed by atoms with Crippen LogP contribution in [0.5, 0.6) is 11.5 Å². The summed E-state index contributed by atoms with van der Waals surface area (Å²) in [6.45, 7) is 2.57. The number of likely N-dealkylation sites (N-methyl/N-ethyl adjacent to an activating group) is 1. The van der Waals surface area contributed by atoms with Gasteiger partial charge in [0.05, 0.1) is 6.54 Å². The molecule has 6 nitrogen and oxygen atoms in total. The zero-order valence-corrected chi connectivity index (χ0v) is 11.9. The second kappa shape index (κ2) is 5.47. The van der Waals surface area contributed by atoms with Gasteiger partial charge in [0.1, 0.15) is 12.4 Å². The fourth-order valence-corrected chi connectivity index (χ4v) is 2.20. The third-order valence-electron chi connectivity index (χ3n) is 3.24. The summed E-state index contributed by atoms with van der Waals surface area (Å²) in [5, 5.41) is 3.73. The number of hydrogen-bond acceptors (Lipinski definition) is 5. The van der Waals surface area contributed by atoms with Crippen LogP contribution in [-0.2, 0) is 0 Å². The molecule has 0 saturated carbocycles. The Bertz CT molecular complexity index is 653. The van der Waals surface area contributed by atoms with E-state index in [0.717, 1.165) is 5.75 Å². The van der Waals surface area contributed by atoms with Crippen molar-refractivity contribution in [1.29, 1.82) is 0 Å². The monoisotopic (exact) mass is 288 g/mol. The van der Waals surface area contributed by atoms with Gasteiger partial charge in [-0.25, -0.2) is 0 Å². The molecule has 1 aliphatic rings. The van der Waals surface area contributed by atoms with Crippen LogP contribution < -0.4 is 9.47 Å². The highest BCUT2D eigenvalue weighted by atomic mass is 16.6. The summed E-state index contributed by atoms with van der Waals surface area (Å²) < 4.78 is 16.4. The van der Waals surface area contributed by atoms with Gasteiger partial charge in [-0.15, -0.1) is 0 Å². The number of benzene rings is 1. The molecule has 0 radical (unpaired) electrons. The first-order valence-corrected chi connectivity index (χ1v) is 6.71. The number of aryl methyl sites for hydroxylation is 1. The van der Waals surface area contributed by atoms with E-state index in [1.54, 1.807) is 24.9 Å². The number of hydrogen-bond donors (Lipinski definition) is 0. The Labute approximate surface area is 122 Å². The highest BCUT2D eigenvalue weighted by molar-refractivity contribution is 5.92. The van der Waals surface area contributed by atoms with E-state index in [9.17, 15) is 4.79 Å². The Morgan fingerprint density at radius 3 is 2.86 bits per heavy atom. The molecule has 0 saturated heterocycles. The average Bonchev–Trinajstić information content (AvgIpc) is 2.93. The molecule has 0 N–H and O–H groups in total. The van der Waals surface area contributed by atoms with Gasteiger partial charge in [-0.2, -0.15) is 0 Å². The maximum atomic E-state index is 12.2. The Morgan fingerprint density at radius 2 is 2.14 bits per heavy atom. The Kier molecular flexibility index (Phi) is 3.51. The van der Waals surface area contributed by atoms with E-state index in [1.165, 1.54) is 0 Å². The van der Waals surface area contributed by atoms with E-state index in [0.29, 0.717) is 30.4 Å². The molecule has 1 aromatic carbocycles. The van der Waals surface area contributed by atoms with Crippen LogP contribution in [0.25, 0.3) is 0 Å². The minimum absolute atomic E-state index is 0.200. The second-order valence-corrected chi connectivity index (χ2v) is 5.01. The second-order valence-electron chi connectivity index (χ2n) is 5.01. The molecule has 0 aliphatic carbocycles. The fraction of sp³-hybridized carbons (Fsp3) is 0.333. The van der Waals surface area contributed by atoms with E-state index >= 15 is 0 Å². The van der Waals surface area contributed by atoms with Crippen molar-refractivity contribution in [1.82, 2.24) is 10.1 Å². The first kappa shape index (κ1) is 13.5. The van der Waals surface area contributed by atoms with Crippen molar-refractivity contribution in [2.75, 3.05) is 20.2 Å². The Balaban J connectivity index is 1.63. The van der Waals surface area contributed by atoms with Crippen LogP contribution in [0.3, 0.4) is 0 Å². The van der Waals surface area contributed by atoms with Gasteiger partial charge in [0.15, 0.2) is 23.3 Å². The van der Waals surface area contributed by atoms with Crippen LogP contribution in [0.1, 0.15) is 16.2 Å². The quantitative estimate of drug-likeness (QED) is 0.863. The molecule has 110 valence electrons. The minimum atomic E-state index is -0.207. The predicted molar refractivity (Wildman–Crippen MR) is 74.6 cm³/mol. The summed E-state index contributed by atoms with van der Waals surface area (Å²) in [5.74, 6) is 1.84. The van der Waals surface area contributed by atoms with Crippen molar-refractivity contribution < 1.29 is 18.8 Å². The molecule has 3 rings (SSSR count).